The number of rotatable bonds is 15. The van der Waals surface area contributed by atoms with Gasteiger partial charge in [0.2, 0.25) is 0 Å². The first-order chi connectivity index (χ1) is 21.6. The van der Waals surface area contributed by atoms with E-state index in [1.165, 1.54) is 6.07 Å². The molecule has 0 saturated carbocycles. The van der Waals surface area contributed by atoms with Crippen molar-refractivity contribution in [2.24, 2.45) is 5.73 Å². The number of aromatic nitrogens is 1. The van der Waals surface area contributed by atoms with Crippen LogP contribution in [-0.4, -0.2) is 100 Å². The third-order valence-corrected chi connectivity index (χ3v) is 6.50. The predicted molar refractivity (Wildman–Crippen MR) is 153 cm³/mol. The molecule has 0 spiro atoms. The summed E-state index contributed by atoms with van der Waals surface area (Å²) < 4.78 is 33.9. The first-order valence-electron chi connectivity index (χ1n) is 13.8. The largest absolute Gasteiger partial charge is 0.508 e. The Labute approximate surface area is 255 Å². The van der Waals surface area contributed by atoms with Crippen LogP contribution < -0.4 is 16.0 Å². The lowest BCUT2D eigenvalue weighted by Gasteiger charge is -2.39. The fourth-order valence-electron chi connectivity index (χ4n) is 4.55. The van der Waals surface area contributed by atoms with Crippen LogP contribution in [0, 0.1) is 0 Å². The van der Waals surface area contributed by atoms with E-state index in [0.29, 0.717) is 26.4 Å². The molecule has 0 radical (unpaired) electrons. The Morgan fingerprint density at radius 1 is 0.800 bits per heavy atom. The van der Waals surface area contributed by atoms with Crippen molar-refractivity contribution < 1.29 is 63.9 Å². The number of fused-ring (bicyclic) bond motifs is 1. The summed E-state index contributed by atoms with van der Waals surface area (Å²) in [5, 5.41) is 61.0. The fourth-order valence-corrected chi connectivity index (χ4v) is 4.55. The van der Waals surface area contributed by atoms with Gasteiger partial charge in [0.25, 0.3) is 5.56 Å². The van der Waals surface area contributed by atoms with Crippen LogP contribution in [0.25, 0.3) is 0 Å². The van der Waals surface area contributed by atoms with Crippen LogP contribution in [0.5, 0.6) is 40.4 Å². The summed E-state index contributed by atoms with van der Waals surface area (Å²) in [5.74, 6) is -4.87. The van der Waals surface area contributed by atoms with Gasteiger partial charge in [0.05, 0.1) is 57.4 Å². The molecule has 9 N–H and O–H groups in total. The molecule has 3 unspecified atom stereocenters. The molecule has 244 valence electrons. The van der Waals surface area contributed by atoms with E-state index < -0.39 is 58.7 Å². The van der Waals surface area contributed by atoms with Crippen molar-refractivity contribution >= 4 is 5.97 Å². The number of esters is 1. The van der Waals surface area contributed by atoms with Gasteiger partial charge < -0.3 is 64.8 Å². The van der Waals surface area contributed by atoms with E-state index in [1.807, 2.05) is 0 Å². The summed E-state index contributed by atoms with van der Waals surface area (Å²) in [5.41, 5.74) is 4.22. The molecule has 2 aromatic carbocycles. The predicted octanol–water partition coefficient (Wildman–Crippen LogP) is 1.03. The van der Waals surface area contributed by atoms with E-state index in [2.05, 4.69) is 4.98 Å². The smallest absolute Gasteiger partial charge is 0.339 e. The number of aromatic amines is 1. The van der Waals surface area contributed by atoms with Crippen LogP contribution in [0.15, 0.2) is 41.2 Å². The van der Waals surface area contributed by atoms with E-state index in [-0.39, 0.29) is 54.6 Å². The number of ether oxygens (including phenoxy) is 6. The van der Waals surface area contributed by atoms with Crippen molar-refractivity contribution in [3.05, 3.63) is 63.4 Å². The Morgan fingerprint density at radius 3 is 2.04 bits per heavy atom. The molecule has 3 aromatic rings. The first kappa shape index (κ1) is 33.2. The van der Waals surface area contributed by atoms with Crippen LogP contribution in [0.2, 0.25) is 0 Å². The minimum absolute atomic E-state index is 0.000259. The Morgan fingerprint density at radius 2 is 1.42 bits per heavy atom. The molecule has 0 aliphatic carbocycles. The maximum absolute atomic E-state index is 13.2. The van der Waals surface area contributed by atoms with Crippen molar-refractivity contribution in [2.75, 3.05) is 52.8 Å². The molecule has 1 aromatic heterocycles. The molecular formula is C29H34N2O14. The highest BCUT2D eigenvalue weighted by atomic mass is 16.6. The zero-order valence-corrected chi connectivity index (χ0v) is 23.9. The highest BCUT2D eigenvalue weighted by molar-refractivity contribution is 5.89. The zero-order valence-electron chi connectivity index (χ0n) is 23.9. The van der Waals surface area contributed by atoms with E-state index in [9.17, 15) is 40.2 Å². The maximum Gasteiger partial charge on any atom is 0.339 e. The molecule has 45 heavy (non-hydrogen) atoms. The van der Waals surface area contributed by atoms with Gasteiger partial charge in [-0.3, -0.25) is 9.78 Å². The normalized spacial score (nSPS) is 17.4. The third kappa shape index (κ3) is 8.46. The summed E-state index contributed by atoms with van der Waals surface area (Å²) in [4.78, 5) is 27.2. The average Bonchev–Trinajstić information content (AvgIpc) is 2.98. The lowest BCUT2D eigenvalue weighted by molar-refractivity contribution is -0.118. The molecule has 0 fully saturated rings. The molecule has 0 saturated heterocycles. The van der Waals surface area contributed by atoms with Gasteiger partial charge in [0, 0.05) is 36.4 Å². The fraction of sp³-hybridized carbons (Fsp3) is 0.379. The van der Waals surface area contributed by atoms with Crippen molar-refractivity contribution in [1.29, 1.82) is 0 Å². The third-order valence-electron chi connectivity index (χ3n) is 6.50. The second kappa shape index (κ2) is 15.3. The molecule has 1 aliphatic heterocycles. The maximum atomic E-state index is 13.2. The monoisotopic (exact) mass is 634 g/mol. The number of aromatic hydroxyl groups is 6. The van der Waals surface area contributed by atoms with Gasteiger partial charge in [0.15, 0.2) is 35.3 Å². The number of nitrogens with one attached hydrogen (secondary N) is 1. The lowest BCUT2D eigenvalue weighted by Crippen LogP contribution is -2.40. The van der Waals surface area contributed by atoms with Crippen LogP contribution in [0.3, 0.4) is 0 Å². The summed E-state index contributed by atoms with van der Waals surface area (Å²) in [6, 6.07) is 6.15. The van der Waals surface area contributed by atoms with Gasteiger partial charge in [-0.25, -0.2) is 4.79 Å². The van der Waals surface area contributed by atoms with E-state index in [0.717, 1.165) is 30.3 Å². The number of benzene rings is 2. The summed E-state index contributed by atoms with van der Waals surface area (Å²) in [7, 11) is 0. The van der Waals surface area contributed by atoms with Gasteiger partial charge in [-0.15, -0.1) is 0 Å². The van der Waals surface area contributed by atoms with Crippen molar-refractivity contribution in [3.63, 3.8) is 0 Å². The van der Waals surface area contributed by atoms with Gasteiger partial charge in [-0.2, -0.15) is 0 Å². The number of nitrogens with two attached hydrogens (primary N) is 1. The van der Waals surface area contributed by atoms with Crippen LogP contribution in [0.4, 0.5) is 0 Å². The average molecular weight is 635 g/mol. The molecule has 0 amide bonds. The Balaban J connectivity index is 1.60. The number of hydrogen-bond acceptors (Lipinski definition) is 15. The molecule has 3 atom stereocenters. The van der Waals surface area contributed by atoms with Crippen molar-refractivity contribution in [3.8, 4) is 40.4 Å². The van der Waals surface area contributed by atoms with Crippen molar-refractivity contribution in [2.45, 2.75) is 18.3 Å². The number of carbonyl (C=O) groups is 1. The van der Waals surface area contributed by atoms with E-state index >= 15 is 0 Å². The summed E-state index contributed by atoms with van der Waals surface area (Å²) in [6.07, 6.45) is -4.17. The molecule has 16 nitrogen and oxygen atoms in total. The molecule has 1 aliphatic rings. The summed E-state index contributed by atoms with van der Waals surface area (Å²) >= 11 is 0. The topological polar surface area (TPSA) is 253 Å². The summed E-state index contributed by atoms with van der Waals surface area (Å²) in [6.45, 7) is 1.99. The van der Waals surface area contributed by atoms with Crippen LogP contribution >= 0.6 is 0 Å². The SMILES string of the molecule is NCCOCCOCCOCCOC1c2c(O)cc(O)cc2OC(c2cc(O)c(O)c(O)c2)C1OC(=O)c1cc(O)[nH]c(=O)c1. The molecule has 16 heteroatoms. The van der Waals surface area contributed by atoms with Crippen molar-refractivity contribution in [1.82, 2.24) is 4.98 Å². The number of carbonyl (C=O) groups excluding carboxylic acids is 1. The quantitative estimate of drug-likeness (QED) is 0.0660. The van der Waals surface area contributed by atoms with Crippen LogP contribution in [0.1, 0.15) is 33.7 Å². The van der Waals surface area contributed by atoms with Gasteiger partial charge in [0.1, 0.15) is 23.4 Å². The highest BCUT2D eigenvalue weighted by Gasteiger charge is 2.45. The Bertz CT molecular complexity index is 1500. The second-order valence-electron chi connectivity index (χ2n) is 9.73. The second-order valence-corrected chi connectivity index (χ2v) is 9.73. The number of phenolic OH excluding ortho intramolecular Hbond substituents is 5. The number of pyridine rings is 1. The molecule has 0 bridgehead atoms. The van der Waals surface area contributed by atoms with Gasteiger partial charge in [-0.1, -0.05) is 0 Å². The standard InChI is InChI=1S/C29H34N2O14/c30-1-2-40-3-4-41-5-6-42-7-8-43-27-24-18(33)13-17(32)14-21(24)44-26(15-9-19(34)25(38)20(35)10-15)28(27)45-29(39)16-11-22(36)31-23(37)12-16/h9-14,26-28,32-35,38H,1-8,30H2,(H2,31,36,37). The number of hydrogen-bond donors (Lipinski definition) is 8. The number of phenols is 5. The lowest BCUT2D eigenvalue weighted by atomic mass is 9.90. The van der Waals surface area contributed by atoms with E-state index in [4.69, 9.17) is 34.2 Å². The van der Waals surface area contributed by atoms with Gasteiger partial charge >= 0.3 is 5.97 Å². The molecule has 2 heterocycles. The Hall–Kier alpha value is -4.74. The highest BCUT2D eigenvalue weighted by Crippen LogP contribution is 2.51. The molecule has 4 rings (SSSR count). The zero-order chi connectivity index (χ0) is 32.5. The Kier molecular flexibility index (Phi) is 11.3. The van der Waals surface area contributed by atoms with E-state index in [1.54, 1.807) is 0 Å². The van der Waals surface area contributed by atoms with Crippen LogP contribution in [-0.2, 0) is 23.7 Å². The number of H-pyrrole nitrogens is 1. The molecular weight excluding hydrogens is 600 g/mol. The first-order valence-corrected chi connectivity index (χ1v) is 13.8. The van der Waals surface area contributed by atoms with Gasteiger partial charge in [-0.05, 0) is 12.1 Å². The minimum Gasteiger partial charge on any atom is -0.508 e. The minimum atomic E-state index is -1.48.